The van der Waals surface area contributed by atoms with Crippen molar-refractivity contribution in [3.63, 3.8) is 0 Å². The lowest BCUT2D eigenvalue weighted by Gasteiger charge is -2.28. The third-order valence-electron chi connectivity index (χ3n) is 5.08. The smallest absolute Gasteiger partial charge is 0.416 e. The number of fused-ring (bicyclic) bond motifs is 1. The van der Waals surface area contributed by atoms with Crippen molar-refractivity contribution >= 4 is 11.2 Å². The summed E-state index contributed by atoms with van der Waals surface area (Å²) in [6, 6.07) is 1.87. The Bertz CT molecular complexity index is 1010. The summed E-state index contributed by atoms with van der Waals surface area (Å²) in [5.74, 6) is -0.192. The average molecular weight is 422 g/mol. The number of aromatic hydroxyl groups is 1. The van der Waals surface area contributed by atoms with Crippen LogP contribution in [0.5, 0.6) is 5.75 Å². The van der Waals surface area contributed by atoms with Gasteiger partial charge in [-0.05, 0) is 31.0 Å². The van der Waals surface area contributed by atoms with Gasteiger partial charge < -0.3 is 9.84 Å². The number of ether oxygens (including phenoxy) is 1. The fourth-order valence-corrected chi connectivity index (χ4v) is 3.63. The van der Waals surface area contributed by atoms with Crippen LogP contribution in [0, 0.1) is 12.8 Å². The number of aromatic nitrogens is 4. The second-order valence-electron chi connectivity index (χ2n) is 7.17. The first kappa shape index (κ1) is 22.0. The number of benzene rings is 1. The highest BCUT2D eigenvalue weighted by atomic mass is 19.4. The fraction of sp³-hybridized carbons (Fsp3) is 0.476. The molecule has 9 heteroatoms. The maximum Gasteiger partial charge on any atom is 0.416 e. The van der Waals surface area contributed by atoms with Gasteiger partial charge >= 0.3 is 6.18 Å². The van der Waals surface area contributed by atoms with Gasteiger partial charge in [-0.25, -0.2) is 9.97 Å². The number of phenols is 1. The van der Waals surface area contributed by atoms with Crippen molar-refractivity contribution in [3.05, 3.63) is 35.7 Å². The molecule has 1 fully saturated rings. The average Bonchev–Trinajstić information content (AvgIpc) is 3.12. The second-order valence-corrected chi connectivity index (χ2v) is 7.17. The van der Waals surface area contributed by atoms with Crippen molar-refractivity contribution in [2.24, 2.45) is 5.92 Å². The van der Waals surface area contributed by atoms with E-state index in [1.807, 2.05) is 24.7 Å². The molecule has 3 heterocycles. The molecule has 0 spiro atoms. The van der Waals surface area contributed by atoms with E-state index >= 15 is 0 Å². The first-order valence-corrected chi connectivity index (χ1v) is 9.95. The number of hydrogen-bond acceptors (Lipinski definition) is 5. The Balaban J connectivity index is 0.00000124. The number of alkyl halides is 3. The van der Waals surface area contributed by atoms with Gasteiger partial charge in [-0.3, -0.25) is 4.68 Å². The van der Waals surface area contributed by atoms with E-state index in [4.69, 9.17) is 4.74 Å². The maximum absolute atomic E-state index is 12.9. The van der Waals surface area contributed by atoms with Crippen LogP contribution in [0.1, 0.15) is 44.4 Å². The molecule has 0 bridgehead atoms. The van der Waals surface area contributed by atoms with Crippen LogP contribution in [-0.2, 0) is 10.9 Å². The van der Waals surface area contributed by atoms with E-state index in [-0.39, 0.29) is 22.9 Å². The Hall–Kier alpha value is -2.68. The predicted molar refractivity (Wildman–Crippen MR) is 107 cm³/mol. The van der Waals surface area contributed by atoms with Crippen LogP contribution in [0.25, 0.3) is 22.4 Å². The van der Waals surface area contributed by atoms with Gasteiger partial charge in [0.25, 0.3) is 0 Å². The van der Waals surface area contributed by atoms with E-state index in [0.29, 0.717) is 36.4 Å². The Labute approximate surface area is 172 Å². The SMILES string of the molecule is CC.Cc1cc(C(F)(F)F)cc(O)c1-c1cnc2cn(C3CCOCC3C)nc2n1. The third kappa shape index (κ3) is 4.26. The van der Waals surface area contributed by atoms with Crippen LogP contribution >= 0.6 is 0 Å². The topological polar surface area (TPSA) is 73.1 Å². The summed E-state index contributed by atoms with van der Waals surface area (Å²) >= 11 is 0. The fourth-order valence-electron chi connectivity index (χ4n) is 3.63. The number of rotatable bonds is 2. The summed E-state index contributed by atoms with van der Waals surface area (Å²) in [6.45, 7) is 8.91. The van der Waals surface area contributed by atoms with Gasteiger partial charge in [-0.1, -0.05) is 20.8 Å². The molecule has 1 aliphatic heterocycles. The van der Waals surface area contributed by atoms with Gasteiger partial charge in [0.1, 0.15) is 11.3 Å². The molecule has 0 amide bonds. The molecule has 1 saturated heterocycles. The summed E-state index contributed by atoms with van der Waals surface area (Å²) < 4.78 is 46.1. The van der Waals surface area contributed by atoms with E-state index < -0.39 is 17.5 Å². The highest BCUT2D eigenvalue weighted by Crippen LogP contribution is 2.38. The van der Waals surface area contributed by atoms with Crippen molar-refractivity contribution in [2.45, 2.75) is 46.3 Å². The Morgan fingerprint density at radius 2 is 1.97 bits per heavy atom. The third-order valence-corrected chi connectivity index (χ3v) is 5.08. The molecule has 0 saturated carbocycles. The minimum atomic E-state index is -4.53. The maximum atomic E-state index is 12.9. The highest BCUT2D eigenvalue weighted by molar-refractivity contribution is 5.77. The van der Waals surface area contributed by atoms with Crippen molar-refractivity contribution in [2.75, 3.05) is 13.2 Å². The molecule has 2 atom stereocenters. The minimum absolute atomic E-state index is 0.175. The molecule has 0 aliphatic carbocycles. The molecular weight excluding hydrogens is 397 g/mol. The van der Waals surface area contributed by atoms with Crippen LogP contribution in [-0.4, -0.2) is 38.1 Å². The van der Waals surface area contributed by atoms with Crippen molar-refractivity contribution in [1.82, 2.24) is 19.7 Å². The van der Waals surface area contributed by atoms with Gasteiger partial charge in [-0.15, -0.1) is 0 Å². The van der Waals surface area contributed by atoms with E-state index in [1.54, 1.807) is 0 Å². The number of hydrogen-bond donors (Lipinski definition) is 1. The molecule has 1 N–H and O–H groups in total. The normalized spacial score (nSPS) is 19.4. The molecule has 6 nitrogen and oxygen atoms in total. The van der Waals surface area contributed by atoms with Gasteiger partial charge in [0.2, 0.25) is 0 Å². The van der Waals surface area contributed by atoms with Crippen molar-refractivity contribution in [3.8, 4) is 17.0 Å². The van der Waals surface area contributed by atoms with E-state index in [0.717, 1.165) is 12.5 Å². The minimum Gasteiger partial charge on any atom is -0.507 e. The van der Waals surface area contributed by atoms with Crippen molar-refractivity contribution in [1.29, 1.82) is 0 Å². The zero-order valence-electron chi connectivity index (χ0n) is 17.4. The second kappa shape index (κ2) is 8.59. The lowest BCUT2D eigenvalue weighted by molar-refractivity contribution is -0.137. The van der Waals surface area contributed by atoms with Crippen molar-refractivity contribution < 1.29 is 23.0 Å². The number of phenolic OH excluding ortho intramolecular Hbond substituents is 1. The molecule has 30 heavy (non-hydrogen) atoms. The summed E-state index contributed by atoms with van der Waals surface area (Å²) in [6.07, 6.45) is -0.439. The Morgan fingerprint density at radius 1 is 1.23 bits per heavy atom. The van der Waals surface area contributed by atoms with E-state index in [9.17, 15) is 18.3 Å². The summed E-state index contributed by atoms with van der Waals surface area (Å²) in [7, 11) is 0. The lowest BCUT2D eigenvalue weighted by Crippen LogP contribution is -2.28. The summed E-state index contributed by atoms with van der Waals surface area (Å²) in [4.78, 5) is 8.77. The van der Waals surface area contributed by atoms with E-state index in [2.05, 4.69) is 22.0 Å². The van der Waals surface area contributed by atoms with Gasteiger partial charge in [0.05, 0.1) is 36.3 Å². The standard InChI is InChI=1S/C19H19F3N4O2.C2H6/c1-10-5-12(19(20,21)22)6-16(27)17(10)13-7-23-14-8-26(25-18(14)24-13)15-3-4-28-9-11(15)2;1-2/h5-8,11,15,27H,3-4,9H2,1-2H3;1-2H3. The van der Waals surface area contributed by atoms with Crippen LogP contribution in [0.2, 0.25) is 0 Å². The number of aryl methyl sites for hydroxylation is 1. The summed E-state index contributed by atoms with van der Waals surface area (Å²) in [5, 5.41) is 14.7. The number of halogens is 3. The summed E-state index contributed by atoms with van der Waals surface area (Å²) in [5.41, 5.74) is 0.829. The van der Waals surface area contributed by atoms with Crippen LogP contribution in [0.15, 0.2) is 24.5 Å². The van der Waals surface area contributed by atoms with Crippen LogP contribution < -0.4 is 0 Å². The Kier molecular flexibility index (Phi) is 6.30. The van der Waals surface area contributed by atoms with Gasteiger partial charge in [0, 0.05) is 18.1 Å². The van der Waals surface area contributed by atoms with Crippen LogP contribution in [0.3, 0.4) is 0 Å². The Morgan fingerprint density at radius 3 is 2.60 bits per heavy atom. The first-order chi connectivity index (χ1) is 14.2. The highest BCUT2D eigenvalue weighted by Gasteiger charge is 2.32. The molecule has 3 aromatic rings. The molecule has 4 rings (SSSR count). The predicted octanol–water partition coefficient (Wildman–Crippen LogP) is 5.15. The molecular formula is C21H25F3N4O2. The largest absolute Gasteiger partial charge is 0.507 e. The quantitative estimate of drug-likeness (QED) is 0.618. The zero-order valence-corrected chi connectivity index (χ0v) is 17.4. The van der Waals surface area contributed by atoms with Gasteiger partial charge in [0.15, 0.2) is 5.65 Å². The molecule has 2 unspecified atom stereocenters. The molecule has 162 valence electrons. The number of nitrogens with zero attached hydrogens (tertiary/aromatic N) is 4. The molecule has 0 radical (unpaired) electrons. The first-order valence-electron chi connectivity index (χ1n) is 9.95. The van der Waals surface area contributed by atoms with Gasteiger partial charge in [-0.2, -0.15) is 18.3 Å². The lowest BCUT2D eigenvalue weighted by atomic mass is 9.98. The van der Waals surface area contributed by atoms with E-state index in [1.165, 1.54) is 13.1 Å². The van der Waals surface area contributed by atoms with Crippen LogP contribution in [0.4, 0.5) is 13.2 Å². The molecule has 1 aromatic carbocycles. The zero-order chi connectivity index (χ0) is 22.1. The molecule has 2 aromatic heterocycles. The molecule has 1 aliphatic rings. The monoisotopic (exact) mass is 422 g/mol.